The molecule has 0 bridgehead atoms. The van der Waals surface area contributed by atoms with Gasteiger partial charge in [0.1, 0.15) is 11.9 Å². The summed E-state index contributed by atoms with van der Waals surface area (Å²) in [5.41, 5.74) is 0.553. The van der Waals surface area contributed by atoms with E-state index in [1.807, 2.05) is 6.07 Å². The summed E-state index contributed by atoms with van der Waals surface area (Å²) in [6.07, 6.45) is 0. The number of nitriles is 1. The maximum absolute atomic E-state index is 13.0. The summed E-state index contributed by atoms with van der Waals surface area (Å²) in [6.45, 7) is 0.793. The average molecular weight is 250 g/mol. The third-order valence-corrected chi connectivity index (χ3v) is 2.80. The second-order valence-electron chi connectivity index (χ2n) is 3.90. The van der Waals surface area contributed by atoms with Crippen molar-refractivity contribution < 1.29 is 19.0 Å². The van der Waals surface area contributed by atoms with Crippen molar-refractivity contribution in [1.29, 1.82) is 5.26 Å². The minimum atomic E-state index is -1.03. The zero-order chi connectivity index (χ0) is 13.1. The molecule has 1 atom stereocenters. The number of morpholine rings is 1. The molecule has 1 aromatic rings. The number of carboxylic acids is 1. The van der Waals surface area contributed by atoms with E-state index in [9.17, 15) is 9.18 Å². The monoisotopic (exact) mass is 250 g/mol. The van der Waals surface area contributed by atoms with Crippen LogP contribution in [-0.4, -0.2) is 36.9 Å². The van der Waals surface area contributed by atoms with Crippen molar-refractivity contribution in [3.8, 4) is 6.07 Å². The molecule has 1 saturated heterocycles. The van der Waals surface area contributed by atoms with Crippen LogP contribution >= 0.6 is 0 Å². The Labute approximate surface area is 103 Å². The van der Waals surface area contributed by atoms with Crippen LogP contribution in [0.3, 0.4) is 0 Å². The van der Waals surface area contributed by atoms with Crippen LogP contribution in [0.4, 0.5) is 10.1 Å². The largest absolute Gasteiger partial charge is 0.480 e. The van der Waals surface area contributed by atoms with Crippen LogP contribution in [0.5, 0.6) is 0 Å². The lowest BCUT2D eigenvalue weighted by Gasteiger charge is -2.35. The van der Waals surface area contributed by atoms with Gasteiger partial charge in [0, 0.05) is 6.54 Å². The summed E-state index contributed by atoms with van der Waals surface area (Å²) in [5.74, 6) is -1.54. The summed E-state index contributed by atoms with van der Waals surface area (Å²) in [7, 11) is 0. The van der Waals surface area contributed by atoms with Gasteiger partial charge in [-0.3, -0.25) is 0 Å². The highest BCUT2D eigenvalue weighted by atomic mass is 19.1. The van der Waals surface area contributed by atoms with E-state index in [1.54, 1.807) is 4.90 Å². The average Bonchev–Trinajstić information content (AvgIpc) is 2.38. The molecular formula is C12H11FN2O3. The third kappa shape index (κ3) is 2.26. The van der Waals surface area contributed by atoms with Gasteiger partial charge in [-0.2, -0.15) is 5.26 Å². The van der Waals surface area contributed by atoms with E-state index in [4.69, 9.17) is 15.1 Å². The Morgan fingerprint density at radius 2 is 2.39 bits per heavy atom. The molecule has 94 valence electrons. The number of hydrogen-bond donors (Lipinski definition) is 1. The Bertz CT molecular complexity index is 513. The number of carbonyl (C=O) groups is 1. The smallest absolute Gasteiger partial charge is 0.328 e. The molecule has 18 heavy (non-hydrogen) atoms. The molecule has 1 fully saturated rings. The Morgan fingerprint density at radius 3 is 3.06 bits per heavy atom. The molecule has 6 heteroatoms. The van der Waals surface area contributed by atoms with Gasteiger partial charge in [0.15, 0.2) is 6.04 Å². The number of anilines is 1. The van der Waals surface area contributed by atoms with E-state index < -0.39 is 17.8 Å². The second-order valence-corrected chi connectivity index (χ2v) is 3.90. The van der Waals surface area contributed by atoms with Crippen LogP contribution in [-0.2, 0) is 9.53 Å². The fourth-order valence-electron chi connectivity index (χ4n) is 1.94. The second kappa shape index (κ2) is 5.02. The van der Waals surface area contributed by atoms with Crippen molar-refractivity contribution in [3.05, 3.63) is 29.6 Å². The molecular weight excluding hydrogens is 239 g/mol. The van der Waals surface area contributed by atoms with E-state index in [-0.39, 0.29) is 12.2 Å². The fourth-order valence-corrected chi connectivity index (χ4v) is 1.94. The molecule has 5 nitrogen and oxygen atoms in total. The number of halogens is 1. The molecule has 0 aliphatic carbocycles. The van der Waals surface area contributed by atoms with Crippen molar-refractivity contribution in [2.24, 2.45) is 0 Å². The number of nitrogens with zero attached hydrogens (tertiary/aromatic N) is 2. The van der Waals surface area contributed by atoms with Gasteiger partial charge in [-0.05, 0) is 18.2 Å². The predicted molar refractivity (Wildman–Crippen MR) is 60.7 cm³/mol. The summed E-state index contributed by atoms with van der Waals surface area (Å²) in [6, 6.07) is 4.77. The highest BCUT2D eigenvalue weighted by Crippen LogP contribution is 2.24. The zero-order valence-corrected chi connectivity index (χ0v) is 9.47. The molecule has 1 aliphatic heterocycles. The van der Waals surface area contributed by atoms with Crippen molar-refractivity contribution in [3.63, 3.8) is 0 Å². The molecule has 1 unspecified atom stereocenters. The van der Waals surface area contributed by atoms with Crippen LogP contribution in [0.2, 0.25) is 0 Å². The number of ether oxygens (including phenoxy) is 1. The number of benzene rings is 1. The number of rotatable bonds is 2. The van der Waals surface area contributed by atoms with Gasteiger partial charge in [0.25, 0.3) is 0 Å². The van der Waals surface area contributed by atoms with Gasteiger partial charge in [-0.1, -0.05) is 0 Å². The van der Waals surface area contributed by atoms with Crippen LogP contribution in [0.25, 0.3) is 0 Å². The Morgan fingerprint density at radius 1 is 1.61 bits per heavy atom. The molecule has 1 aromatic carbocycles. The first-order valence-corrected chi connectivity index (χ1v) is 5.40. The summed E-state index contributed by atoms with van der Waals surface area (Å²) in [5, 5.41) is 18.1. The van der Waals surface area contributed by atoms with Crippen LogP contribution in [0.15, 0.2) is 18.2 Å². The highest BCUT2D eigenvalue weighted by Gasteiger charge is 2.30. The van der Waals surface area contributed by atoms with E-state index in [2.05, 4.69) is 0 Å². The molecule has 1 N–H and O–H groups in total. The van der Waals surface area contributed by atoms with Gasteiger partial charge in [0.2, 0.25) is 0 Å². The standard InChI is InChI=1S/C12H11FN2O3/c13-9-1-2-10(8(5-9)6-14)15-3-4-18-7-11(15)12(16)17/h1-2,5,11H,3-4,7H2,(H,16,17). The molecule has 0 aromatic heterocycles. The number of aliphatic carboxylic acids is 1. The first kappa shape index (κ1) is 12.3. The minimum Gasteiger partial charge on any atom is -0.480 e. The molecule has 0 radical (unpaired) electrons. The summed E-state index contributed by atoms with van der Waals surface area (Å²) < 4.78 is 18.2. The van der Waals surface area contributed by atoms with Gasteiger partial charge in [0.05, 0.1) is 24.5 Å². The van der Waals surface area contributed by atoms with Crippen molar-refractivity contribution in [2.75, 3.05) is 24.7 Å². The Balaban J connectivity index is 2.40. The lowest BCUT2D eigenvalue weighted by molar-refractivity contribution is -0.141. The Hall–Kier alpha value is -2.13. The maximum Gasteiger partial charge on any atom is 0.328 e. The van der Waals surface area contributed by atoms with Crippen LogP contribution in [0, 0.1) is 17.1 Å². The van der Waals surface area contributed by atoms with E-state index >= 15 is 0 Å². The topological polar surface area (TPSA) is 73.6 Å². The first-order chi connectivity index (χ1) is 8.63. The number of carboxylic acid groups (broad SMARTS) is 1. The van der Waals surface area contributed by atoms with Crippen molar-refractivity contribution in [1.82, 2.24) is 0 Å². The van der Waals surface area contributed by atoms with E-state index in [0.717, 1.165) is 6.07 Å². The molecule has 1 heterocycles. The van der Waals surface area contributed by atoms with Crippen LogP contribution < -0.4 is 4.90 Å². The molecule has 1 aliphatic rings. The third-order valence-electron chi connectivity index (χ3n) is 2.80. The molecule has 0 saturated carbocycles. The predicted octanol–water partition coefficient (Wildman–Crippen LogP) is 0.987. The Kier molecular flexibility index (Phi) is 3.44. The lowest BCUT2D eigenvalue weighted by atomic mass is 10.1. The minimum absolute atomic E-state index is 0.0532. The zero-order valence-electron chi connectivity index (χ0n) is 9.47. The normalized spacial score (nSPS) is 19.3. The summed E-state index contributed by atoms with van der Waals surface area (Å²) >= 11 is 0. The van der Waals surface area contributed by atoms with Crippen LogP contribution in [0.1, 0.15) is 5.56 Å². The van der Waals surface area contributed by atoms with Crippen molar-refractivity contribution >= 4 is 11.7 Å². The first-order valence-electron chi connectivity index (χ1n) is 5.40. The maximum atomic E-state index is 13.0. The van der Waals surface area contributed by atoms with Gasteiger partial charge in [-0.15, -0.1) is 0 Å². The SMILES string of the molecule is N#Cc1cc(F)ccc1N1CCOCC1C(=O)O. The quantitative estimate of drug-likeness (QED) is 0.847. The van der Waals surface area contributed by atoms with E-state index in [0.29, 0.717) is 18.8 Å². The van der Waals surface area contributed by atoms with Gasteiger partial charge < -0.3 is 14.7 Å². The fraction of sp³-hybridized carbons (Fsp3) is 0.333. The molecule has 2 rings (SSSR count). The van der Waals surface area contributed by atoms with Gasteiger partial charge in [-0.25, -0.2) is 9.18 Å². The molecule has 0 amide bonds. The van der Waals surface area contributed by atoms with Crippen molar-refractivity contribution in [2.45, 2.75) is 6.04 Å². The lowest BCUT2D eigenvalue weighted by Crippen LogP contribution is -2.50. The number of hydrogen-bond acceptors (Lipinski definition) is 4. The highest BCUT2D eigenvalue weighted by molar-refractivity contribution is 5.79. The van der Waals surface area contributed by atoms with Gasteiger partial charge >= 0.3 is 5.97 Å². The summed E-state index contributed by atoms with van der Waals surface area (Å²) in [4.78, 5) is 12.7. The van der Waals surface area contributed by atoms with E-state index in [1.165, 1.54) is 12.1 Å². The molecule has 0 spiro atoms.